The van der Waals surface area contributed by atoms with Crippen LogP contribution < -0.4 is 0 Å². The molecule has 5 nitrogen and oxygen atoms in total. The minimum Gasteiger partial charge on any atom is -0.298 e. The van der Waals surface area contributed by atoms with Crippen molar-refractivity contribution in [2.24, 2.45) is 0 Å². The van der Waals surface area contributed by atoms with Gasteiger partial charge in [0.2, 0.25) is 0 Å². The fraction of sp³-hybridized carbons (Fsp3) is 0.292. The van der Waals surface area contributed by atoms with Crippen LogP contribution in [0.3, 0.4) is 0 Å². The average Bonchev–Trinajstić information content (AvgIpc) is 3.25. The van der Waals surface area contributed by atoms with Crippen molar-refractivity contribution < 1.29 is 8.78 Å². The molecule has 1 saturated heterocycles. The lowest BCUT2D eigenvalue weighted by Gasteiger charge is -2.32. The lowest BCUT2D eigenvalue weighted by molar-refractivity contribution is 0.196. The van der Waals surface area contributed by atoms with Crippen molar-refractivity contribution in [2.75, 3.05) is 13.1 Å². The highest BCUT2D eigenvalue weighted by Crippen LogP contribution is 2.27. The van der Waals surface area contributed by atoms with Gasteiger partial charge in [-0.05, 0) is 49.7 Å². The summed E-state index contributed by atoms with van der Waals surface area (Å²) < 4.78 is 30.1. The summed E-state index contributed by atoms with van der Waals surface area (Å²) in [5, 5.41) is 22.4. The molecule has 2 aromatic carbocycles. The van der Waals surface area contributed by atoms with Crippen LogP contribution >= 0.6 is 0 Å². The van der Waals surface area contributed by atoms with Gasteiger partial charge in [-0.2, -0.15) is 15.6 Å². The first-order valence-corrected chi connectivity index (χ1v) is 10.2. The summed E-state index contributed by atoms with van der Waals surface area (Å²) >= 11 is 0. The van der Waals surface area contributed by atoms with Gasteiger partial charge in [0.05, 0.1) is 35.5 Å². The molecule has 1 aliphatic rings. The Balaban J connectivity index is 1.42. The lowest BCUT2D eigenvalue weighted by Crippen LogP contribution is -2.34. The zero-order chi connectivity index (χ0) is 21.8. The number of benzene rings is 2. The van der Waals surface area contributed by atoms with E-state index in [9.17, 15) is 8.78 Å². The zero-order valence-corrected chi connectivity index (χ0v) is 16.9. The van der Waals surface area contributed by atoms with Crippen LogP contribution in [0.1, 0.15) is 46.7 Å². The van der Waals surface area contributed by atoms with E-state index in [2.05, 4.69) is 10.00 Å². The Labute approximate surface area is 179 Å². The summed E-state index contributed by atoms with van der Waals surface area (Å²) in [5.41, 5.74) is 2.63. The van der Waals surface area contributed by atoms with Crippen LogP contribution in [-0.2, 0) is 13.1 Å². The second kappa shape index (κ2) is 9.07. The van der Waals surface area contributed by atoms with Crippen molar-refractivity contribution in [2.45, 2.75) is 31.8 Å². The fourth-order valence-corrected chi connectivity index (χ4v) is 4.03. The standard InChI is InChI=1S/C24H21F2N5/c25-22-10-17(12-27)3-5-19(22)14-30-8-1-2-21(15-30)24-7-9-31(29-24)16-20-6-4-18(13-28)11-23(20)26/h3-7,9-11,21H,1-2,8,14-16H2/t21-/m1/s1. The molecule has 156 valence electrons. The van der Waals surface area contributed by atoms with Crippen LogP contribution in [0, 0.1) is 34.3 Å². The van der Waals surface area contributed by atoms with Crippen LogP contribution in [-0.4, -0.2) is 27.8 Å². The Morgan fingerprint density at radius 2 is 1.58 bits per heavy atom. The fourth-order valence-electron chi connectivity index (χ4n) is 4.03. The number of piperidine rings is 1. The number of nitriles is 2. The molecule has 31 heavy (non-hydrogen) atoms. The molecule has 1 fully saturated rings. The second-order valence-electron chi connectivity index (χ2n) is 7.85. The van der Waals surface area contributed by atoms with Gasteiger partial charge in [0, 0.05) is 36.3 Å². The molecule has 0 radical (unpaired) electrons. The molecule has 0 saturated carbocycles. The highest BCUT2D eigenvalue weighted by molar-refractivity contribution is 5.34. The number of rotatable bonds is 5. The minimum atomic E-state index is -0.413. The quantitative estimate of drug-likeness (QED) is 0.620. The van der Waals surface area contributed by atoms with Crippen molar-refractivity contribution >= 4 is 0 Å². The largest absolute Gasteiger partial charge is 0.298 e. The summed E-state index contributed by atoms with van der Waals surface area (Å²) in [5.74, 6) is -0.540. The third-order valence-electron chi connectivity index (χ3n) is 5.68. The highest BCUT2D eigenvalue weighted by atomic mass is 19.1. The molecule has 0 aliphatic carbocycles. The van der Waals surface area contributed by atoms with Gasteiger partial charge >= 0.3 is 0 Å². The van der Waals surface area contributed by atoms with Gasteiger partial charge in [0.1, 0.15) is 11.6 Å². The van der Waals surface area contributed by atoms with Gasteiger partial charge in [-0.3, -0.25) is 9.58 Å². The molecule has 0 N–H and O–H groups in total. The van der Waals surface area contributed by atoms with Gasteiger partial charge in [-0.1, -0.05) is 12.1 Å². The normalized spacial score (nSPS) is 16.6. The molecule has 3 aromatic rings. The van der Waals surface area contributed by atoms with Crippen LogP contribution in [0.25, 0.3) is 0 Å². The highest BCUT2D eigenvalue weighted by Gasteiger charge is 2.24. The Morgan fingerprint density at radius 1 is 0.935 bits per heavy atom. The van der Waals surface area contributed by atoms with Gasteiger partial charge in [-0.15, -0.1) is 0 Å². The van der Waals surface area contributed by atoms with Crippen LogP contribution in [0.15, 0.2) is 48.7 Å². The van der Waals surface area contributed by atoms with E-state index in [-0.39, 0.29) is 11.7 Å². The summed E-state index contributed by atoms with van der Waals surface area (Å²) in [6, 6.07) is 14.9. The Morgan fingerprint density at radius 3 is 2.19 bits per heavy atom. The molecule has 0 bridgehead atoms. The number of hydrogen-bond donors (Lipinski definition) is 0. The van der Waals surface area contributed by atoms with E-state index in [0.29, 0.717) is 35.3 Å². The topological polar surface area (TPSA) is 68.6 Å². The lowest BCUT2D eigenvalue weighted by atomic mass is 9.94. The van der Waals surface area contributed by atoms with Crippen molar-refractivity contribution in [3.05, 3.63) is 88.2 Å². The molecule has 0 amide bonds. The maximum atomic E-state index is 14.3. The summed E-state index contributed by atoms with van der Waals surface area (Å²) in [6.07, 6.45) is 3.82. The molecule has 1 atom stereocenters. The molecule has 2 heterocycles. The predicted octanol–water partition coefficient (Wildman–Crippen LogP) is 4.33. The maximum Gasteiger partial charge on any atom is 0.129 e. The zero-order valence-electron chi connectivity index (χ0n) is 16.9. The first-order chi connectivity index (χ1) is 15.1. The SMILES string of the molecule is N#Cc1ccc(CN2CCC[C@@H](c3ccn(Cc4ccc(C#N)cc4F)n3)C2)c(F)c1. The van der Waals surface area contributed by atoms with E-state index in [0.717, 1.165) is 31.6 Å². The molecule has 0 spiro atoms. The third-order valence-corrected chi connectivity index (χ3v) is 5.68. The van der Waals surface area contributed by atoms with E-state index in [1.54, 1.807) is 28.9 Å². The molecule has 7 heteroatoms. The van der Waals surface area contributed by atoms with Gasteiger partial charge in [0.25, 0.3) is 0 Å². The summed E-state index contributed by atoms with van der Waals surface area (Å²) in [7, 11) is 0. The van der Waals surface area contributed by atoms with E-state index in [1.807, 2.05) is 24.4 Å². The van der Waals surface area contributed by atoms with Crippen molar-refractivity contribution in [1.82, 2.24) is 14.7 Å². The molecule has 4 rings (SSSR count). The first kappa shape index (κ1) is 20.7. The van der Waals surface area contributed by atoms with Gasteiger partial charge < -0.3 is 0 Å². The molecule has 0 unspecified atom stereocenters. The van der Waals surface area contributed by atoms with Crippen molar-refractivity contribution in [1.29, 1.82) is 10.5 Å². The van der Waals surface area contributed by atoms with Crippen molar-refractivity contribution in [3.63, 3.8) is 0 Å². The first-order valence-electron chi connectivity index (χ1n) is 10.2. The average molecular weight is 417 g/mol. The molecular weight excluding hydrogens is 396 g/mol. The minimum absolute atomic E-state index is 0.224. The Bertz CT molecular complexity index is 1170. The van der Waals surface area contributed by atoms with Crippen LogP contribution in [0.4, 0.5) is 8.78 Å². The Hall–Kier alpha value is -3.55. The summed E-state index contributed by atoms with van der Waals surface area (Å²) in [6.45, 7) is 2.43. The van der Waals surface area contributed by atoms with E-state index >= 15 is 0 Å². The van der Waals surface area contributed by atoms with E-state index in [1.165, 1.54) is 12.1 Å². The van der Waals surface area contributed by atoms with Crippen molar-refractivity contribution in [3.8, 4) is 12.1 Å². The third kappa shape index (κ3) is 4.79. The second-order valence-corrected chi connectivity index (χ2v) is 7.85. The number of halogens is 2. The monoisotopic (exact) mass is 417 g/mol. The Kier molecular flexibility index (Phi) is 6.06. The number of nitrogens with zero attached hydrogens (tertiary/aromatic N) is 5. The van der Waals surface area contributed by atoms with Crippen LogP contribution in [0.2, 0.25) is 0 Å². The molecule has 1 aliphatic heterocycles. The summed E-state index contributed by atoms with van der Waals surface area (Å²) in [4.78, 5) is 2.21. The van der Waals surface area contributed by atoms with Gasteiger partial charge in [0.15, 0.2) is 0 Å². The smallest absolute Gasteiger partial charge is 0.129 e. The molecular formula is C24H21F2N5. The van der Waals surface area contributed by atoms with E-state index in [4.69, 9.17) is 10.5 Å². The molecule has 1 aromatic heterocycles. The van der Waals surface area contributed by atoms with Gasteiger partial charge in [-0.25, -0.2) is 8.78 Å². The van der Waals surface area contributed by atoms with Crippen LogP contribution in [0.5, 0.6) is 0 Å². The number of aromatic nitrogens is 2. The predicted molar refractivity (Wildman–Crippen MR) is 111 cm³/mol. The number of likely N-dealkylation sites (tertiary alicyclic amines) is 1. The maximum absolute atomic E-state index is 14.3. The van der Waals surface area contributed by atoms with E-state index < -0.39 is 5.82 Å². The number of hydrogen-bond acceptors (Lipinski definition) is 4.